The molecule has 26 heavy (non-hydrogen) atoms. The molecule has 7 heteroatoms. The Bertz CT molecular complexity index is 935. The predicted molar refractivity (Wildman–Crippen MR) is 96.5 cm³/mol. The Morgan fingerprint density at radius 3 is 2.73 bits per heavy atom. The van der Waals surface area contributed by atoms with Crippen LogP contribution in [0.1, 0.15) is 33.3 Å². The van der Waals surface area contributed by atoms with Crippen LogP contribution in [0.5, 0.6) is 0 Å². The van der Waals surface area contributed by atoms with Crippen LogP contribution in [0.4, 0.5) is 5.69 Å². The number of carbonyl (C=O) groups excluding carboxylic acids is 2. The molecule has 132 valence electrons. The number of ether oxygens (including phenoxy) is 1. The number of rotatable bonds is 5. The number of esters is 1. The molecule has 0 saturated heterocycles. The summed E-state index contributed by atoms with van der Waals surface area (Å²) in [6, 6.07) is 12.1. The summed E-state index contributed by atoms with van der Waals surface area (Å²) in [6.07, 6.45) is 3.81. The summed E-state index contributed by atoms with van der Waals surface area (Å²) in [6.45, 7) is 1.95. The molecule has 0 radical (unpaired) electrons. The molecule has 0 aliphatic heterocycles. The van der Waals surface area contributed by atoms with E-state index in [2.05, 4.69) is 15.4 Å². The number of nitrogens with one attached hydrogen (secondary N) is 1. The molecule has 0 aliphatic rings. The van der Waals surface area contributed by atoms with E-state index >= 15 is 0 Å². The van der Waals surface area contributed by atoms with Crippen LogP contribution in [0.25, 0.3) is 5.82 Å². The van der Waals surface area contributed by atoms with Crippen molar-refractivity contribution < 1.29 is 14.3 Å². The van der Waals surface area contributed by atoms with Crippen LogP contribution in [0.2, 0.25) is 0 Å². The Hall–Kier alpha value is -3.48. The van der Waals surface area contributed by atoms with Gasteiger partial charge in [0.05, 0.1) is 30.1 Å². The molecule has 0 fully saturated rings. The van der Waals surface area contributed by atoms with Crippen LogP contribution < -0.4 is 5.32 Å². The average molecular weight is 350 g/mol. The van der Waals surface area contributed by atoms with E-state index in [1.54, 1.807) is 35.1 Å². The van der Waals surface area contributed by atoms with E-state index in [9.17, 15) is 9.59 Å². The van der Waals surface area contributed by atoms with Gasteiger partial charge in [-0.2, -0.15) is 5.10 Å². The molecule has 7 nitrogen and oxygen atoms in total. The molecule has 0 unspecified atom stereocenters. The highest BCUT2D eigenvalue weighted by Crippen LogP contribution is 2.17. The summed E-state index contributed by atoms with van der Waals surface area (Å²) in [7, 11) is 1.31. The third-order valence-electron chi connectivity index (χ3n) is 3.86. The molecule has 0 bridgehead atoms. The van der Waals surface area contributed by atoms with Gasteiger partial charge in [-0.3, -0.25) is 4.79 Å². The minimum absolute atomic E-state index is 0.300. The monoisotopic (exact) mass is 350 g/mol. The lowest BCUT2D eigenvalue weighted by molar-refractivity contribution is 0.0600. The molecule has 0 aliphatic carbocycles. The first-order valence-electron chi connectivity index (χ1n) is 8.12. The number of nitrogens with zero attached hydrogens (tertiary/aromatic N) is 3. The van der Waals surface area contributed by atoms with Crippen molar-refractivity contribution in [3.05, 3.63) is 71.7 Å². The molecule has 0 atom stereocenters. The van der Waals surface area contributed by atoms with E-state index in [-0.39, 0.29) is 5.91 Å². The van der Waals surface area contributed by atoms with Crippen LogP contribution in [0.15, 0.2) is 54.9 Å². The Balaban J connectivity index is 1.87. The van der Waals surface area contributed by atoms with Gasteiger partial charge in [-0.25, -0.2) is 14.5 Å². The van der Waals surface area contributed by atoms with E-state index < -0.39 is 5.97 Å². The third-order valence-corrected chi connectivity index (χ3v) is 3.86. The Morgan fingerprint density at radius 1 is 1.19 bits per heavy atom. The summed E-state index contributed by atoms with van der Waals surface area (Å²) in [5.74, 6) is -0.111. The summed E-state index contributed by atoms with van der Waals surface area (Å²) < 4.78 is 6.35. The smallest absolute Gasteiger partial charge is 0.337 e. The van der Waals surface area contributed by atoms with Crippen LogP contribution >= 0.6 is 0 Å². The zero-order valence-corrected chi connectivity index (χ0v) is 14.5. The van der Waals surface area contributed by atoms with Crippen LogP contribution in [0.3, 0.4) is 0 Å². The van der Waals surface area contributed by atoms with Gasteiger partial charge in [0.15, 0.2) is 5.82 Å². The molecule has 2 aromatic heterocycles. The number of anilines is 1. The second kappa shape index (κ2) is 7.60. The number of hydrogen-bond acceptors (Lipinski definition) is 5. The molecule has 1 aromatic carbocycles. The number of amides is 1. The van der Waals surface area contributed by atoms with Gasteiger partial charge in [-0.1, -0.05) is 19.1 Å². The second-order valence-electron chi connectivity index (χ2n) is 5.48. The zero-order chi connectivity index (χ0) is 18.5. The fourth-order valence-corrected chi connectivity index (χ4v) is 2.62. The van der Waals surface area contributed by atoms with Crippen molar-refractivity contribution in [3.8, 4) is 5.82 Å². The van der Waals surface area contributed by atoms with Crippen molar-refractivity contribution in [2.24, 2.45) is 0 Å². The number of pyridine rings is 1. The Morgan fingerprint density at radius 2 is 2.04 bits per heavy atom. The van der Waals surface area contributed by atoms with Gasteiger partial charge in [-0.05, 0) is 36.8 Å². The zero-order valence-electron chi connectivity index (χ0n) is 14.5. The normalized spacial score (nSPS) is 10.4. The van der Waals surface area contributed by atoms with Crippen molar-refractivity contribution in [3.63, 3.8) is 0 Å². The van der Waals surface area contributed by atoms with Gasteiger partial charge in [0.25, 0.3) is 5.91 Å². The number of aromatic nitrogens is 3. The molecule has 2 heterocycles. The standard InChI is InChI=1S/C19H18N4O3/c1-3-16-15(12-21-23(16)17-9-4-5-10-20-17)18(24)22-14-8-6-7-13(11-14)19(25)26-2/h4-12H,3H2,1-2H3,(H,22,24). The number of carbonyl (C=O) groups is 2. The molecular formula is C19H18N4O3. The molecule has 0 spiro atoms. The summed E-state index contributed by atoms with van der Waals surface area (Å²) in [4.78, 5) is 28.6. The highest BCUT2D eigenvalue weighted by atomic mass is 16.5. The van der Waals surface area contributed by atoms with Crippen LogP contribution in [0, 0.1) is 0 Å². The van der Waals surface area contributed by atoms with Gasteiger partial charge in [-0.15, -0.1) is 0 Å². The number of methoxy groups -OCH3 is 1. The molecule has 0 saturated carbocycles. The number of hydrogen-bond donors (Lipinski definition) is 1. The van der Waals surface area contributed by atoms with E-state index in [1.165, 1.54) is 13.3 Å². The molecule has 1 N–H and O–H groups in total. The maximum absolute atomic E-state index is 12.7. The largest absolute Gasteiger partial charge is 0.465 e. The lowest BCUT2D eigenvalue weighted by Crippen LogP contribution is -2.15. The third kappa shape index (κ3) is 3.46. The molecule has 3 aromatic rings. The highest BCUT2D eigenvalue weighted by molar-refractivity contribution is 6.05. The van der Waals surface area contributed by atoms with Crippen molar-refractivity contribution in [1.82, 2.24) is 14.8 Å². The molecule has 1 amide bonds. The van der Waals surface area contributed by atoms with Crippen molar-refractivity contribution in [2.75, 3.05) is 12.4 Å². The van der Waals surface area contributed by atoms with Crippen molar-refractivity contribution >= 4 is 17.6 Å². The minimum atomic E-state index is -0.460. The van der Waals surface area contributed by atoms with Gasteiger partial charge in [0.2, 0.25) is 0 Å². The average Bonchev–Trinajstić information content (AvgIpc) is 3.12. The lowest BCUT2D eigenvalue weighted by atomic mass is 10.1. The fraction of sp³-hybridized carbons (Fsp3) is 0.158. The maximum Gasteiger partial charge on any atom is 0.337 e. The molecule has 3 rings (SSSR count). The fourth-order valence-electron chi connectivity index (χ4n) is 2.62. The maximum atomic E-state index is 12.7. The van der Waals surface area contributed by atoms with Crippen molar-refractivity contribution in [2.45, 2.75) is 13.3 Å². The van der Waals surface area contributed by atoms with Gasteiger partial charge in [0, 0.05) is 11.9 Å². The SMILES string of the molecule is CCc1c(C(=O)Nc2cccc(C(=O)OC)c2)cnn1-c1ccccn1. The van der Waals surface area contributed by atoms with Crippen molar-refractivity contribution in [1.29, 1.82) is 0 Å². The number of benzene rings is 1. The van der Waals surface area contributed by atoms with Gasteiger partial charge < -0.3 is 10.1 Å². The lowest BCUT2D eigenvalue weighted by Gasteiger charge is -2.08. The first-order valence-corrected chi connectivity index (χ1v) is 8.12. The van der Waals surface area contributed by atoms with E-state index in [0.717, 1.165) is 5.69 Å². The molecular weight excluding hydrogens is 332 g/mol. The minimum Gasteiger partial charge on any atom is -0.465 e. The quantitative estimate of drug-likeness (QED) is 0.715. The van der Waals surface area contributed by atoms with E-state index in [4.69, 9.17) is 4.74 Å². The predicted octanol–water partition coefficient (Wildman–Crippen LogP) is 2.87. The first kappa shape index (κ1) is 17.3. The van der Waals surface area contributed by atoms with Gasteiger partial charge in [0.1, 0.15) is 0 Å². The summed E-state index contributed by atoms with van der Waals surface area (Å²) in [5.41, 5.74) is 2.09. The van der Waals surface area contributed by atoms with E-state index in [1.807, 2.05) is 25.1 Å². The second-order valence-corrected chi connectivity index (χ2v) is 5.48. The first-order chi connectivity index (χ1) is 12.6. The van der Waals surface area contributed by atoms with Gasteiger partial charge >= 0.3 is 5.97 Å². The summed E-state index contributed by atoms with van der Waals surface area (Å²) in [5, 5.41) is 7.09. The topological polar surface area (TPSA) is 86.1 Å². The Labute approximate surface area is 150 Å². The highest BCUT2D eigenvalue weighted by Gasteiger charge is 2.18. The van der Waals surface area contributed by atoms with E-state index in [0.29, 0.717) is 29.1 Å². The Kier molecular flexibility index (Phi) is 5.07. The van der Waals surface area contributed by atoms with Crippen LogP contribution in [-0.2, 0) is 11.2 Å². The van der Waals surface area contributed by atoms with Crippen LogP contribution in [-0.4, -0.2) is 33.8 Å². The summed E-state index contributed by atoms with van der Waals surface area (Å²) >= 11 is 0.